The molecular formula is C22H23NO6. The Morgan fingerprint density at radius 2 is 1.72 bits per heavy atom. The van der Waals surface area contributed by atoms with Crippen LogP contribution >= 0.6 is 0 Å². The number of amides is 2. The molecule has 2 amide bonds. The lowest BCUT2D eigenvalue weighted by molar-refractivity contribution is -0.131. The van der Waals surface area contributed by atoms with Gasteiger partial charge in [-0.25, -0.2) is 9.59 Å². The third-order valence-corrected chi connectivity index (χ3v) is 4.27. The number of rotatable bonds is 8. The van der Waals surface area contributed by atoms with Gasteiger partial charge in [0.1, 0.15) is 11.9 Å². The van der Waals surface area contributed by atoms with Crippen molar-refractivity contribution in [2.24, 2.45) is 5.92 Å². The Balaban J connectivity index is 2.07. The van der Waals surface area contributed by atoms with Gasteiger partial charge in [-0.3, -0.25) is 10.1 Å². The molecule has 7 nitrogen and oxygen atoms in total. The standard InChI is InChI=1S/C22H23NO6/c1-15(7-5-6-10-19(25)26)20(16-11-13-18(24)14-12-16)29-22(28)23-21(27)17-8-3-2-4-9-17/h2-4,6,8-15,20,24H,5,7H2,1H3,(H,25,26)(H,23,27,28)/b10-6+/t15-,20+/m1/s1. The van der Waals surface area contributed by atoms with E-state index in [0.29, 0.717) is 24.0 Å². The summed E-state index contributed by atoms with van der Waals surface area (Å²) >= 11 is 0. The molecule has 0 heterocycles. The number of carboxylic acids is 1. The Morgan fingerprint density at radius 1 is 1.07 bits per heavy atom. The van der Waals surface area contributed by atoms with E-state index in [1.807, 2.05) is 6.92 Å². The van der Waals surface area contributed by atoms with Gasteiger partial charge < -0.3 is 14.9 Å². The Morgan fingerprint density at radius 3 is 2.34 bits per heavy atom. The molecule has 2 aromatic rings. The number of imide groups is 1. The Bertz CT molecular complexity index is 861. The summed E-state index contributed by atoms with van der Waals surface area (Å²) in [7, 11) is 0. The largest absolute Gasteiger partial charge is 0.508 e. The van der Waals surface area contributed by atoms with Crippen LogP contribution in [0, 0.1) is 5.92 Å². The molecule has 0 saturated carbocycles. The van der Waals surface area contributed by atoms with Crippen LogP contribution in [0.15, 0.2) is 66.7 Å². The van der Waals surface area contributed by atoms with Gasteiger partial charge in [-0.2, -0.15) is 0 Å². The zero-order chi connectivity index (χ0) is 21.2. The summed E-state index contributed by atoms with van der Waals surface area (Å²) in [5, 5.41) is 20.4. The molecule has 0 aliphatic heterocycles. The molecule has 29 heavy (non-hydrogen) atoms. The Kier molecular flexibility index (Phi) is 7.97. The maximum absolute atomic E-state index is 12.3. The first-order valence-corrected chi connectivity index (χ1v) is 9.12. The number of carbonyl (C=O) groups is 3. The number of allylic oxidation sites excluding steroid dienone is 1. The summed E-state index contributed by atoms with van der Waals surface area (Å²) in [5.74, 6) is -1.69. The zero-order valence-electron chi connectivity index (χ0n) is 15.9. The third kappa shape index (κ3) is 7.14. The van der Waals surface area contributed by atoms with Crippen molar-refractivity contribution in [1.29, 1.82) is 0 Å². The molecule has 152 valence electrons. The second-order valence-electron chi connectivity index (χ2n) is 6.53. The second kappa shape index (κ2) is 10.7. The van der Waals surface area contributed by atoms with Crippen LogP contribution in [-0.2, 0) is 9.53 Å². The quantitative estimate of drug-likeness (QED) is 0.579. The van der Waals surface area contributed by atoms with E-state index < -0.39 is 24.1 Å². The number of aliphatic carboxylic acids is 1. The number of nitrogens with one attached hydrogen (secondary N) is 1. The summed E-state index contributed by atoms with van der Waals surface area (Å²) in [6.07, 6.45) is 2.06. The van der Waals surface area contributed by atoms with E-state index in [9.17, 15) is 19.5 Å². The van der Waals surface area contributed by atoms with Crippen molar-refractivity contribution in [2.75, 3.05) is 0 Å². The number of hydrogen-bond acceptors (Lipinski definition) is 5. The van der Waals surface area contributed by atoms with Crippen molar-refractivity contribution >= 4 is 18.0 Å². The highest BCUT2D eigenvalue weighted by Crippen LogP contribution is 2.30. The van der Waals surface area contributed by atoms with Crippen molar-refractivity contribution in [1.82, 2.24) is 5.32 Å². The number of phenolic OH excluding ortho intramolecular Hbond substituents is 1. The van der Waals surface area contributed by atoms with Gasteiger partial charge in [0.2, 0.25) is 0 Å². The molecular weight excluding hydrogens is 374 g/mol. The lowest BCUT2D eigenvalue weighted by Gasteiger charge is -2.24. The summed E-state index contributed by atoms with van der Waals surface area (Å²) in [6.45, 7) is 1.86. The molecule has 7 heteroatoms. The minimum Gasteiger partial charge on any atom is -0.508 e. The number of benzene rings is 2. The van der Waals surface area contributed by atoms with Gasteiger partial charge in [0.15, 0.2) is 0 Å². The lowest BCUT2D eigenvalue weighted by atomic mass is 9.93. The number of phenols is 1. The van der Waals surface area contributed by atoms with E-state index in [0.717, 1.165) is 6.08 Å². The molecule has 0 fully saturated rings. The molecule has 0 bridgehead atoms. The van der Waals surface area contributed by atoms with E-state index in [1.165, 1.54) is 18.2 Å². The molecule has 2 aromatic carbocycles. The van der Waals surface area contributed by atoms with Crippen molar-refractivity contribution in [2.45, 2.75) is 25.9 Å². The molecule has 2 rings (SSSR count). The van der Waals surface area contributed by atoms with Crippen LogP contribution in [0.1, 0.15) is 41.8 Å². The fraction of sp³-hybridized carbons (Fsp3) is 0.227. The van der Waals surface area contributed by atoms with Crippen LogP contribution in [0.25, 0.3) is 0 Å². The molecule has 2 atom stereocenters. The molecule has 0 saturated heterocycles. The number of aromatic hydroxyl groups is 1. The van der Waals surface area contributed by atoms with Crippen molar-refractivity contribution in [3.63, 3.8) is 0 Å². The van der Waals surface area contributed by atoms with Crippen LogP contribution in [0.3, 0.4) is 0 Å². The maximum Gasteiger partial charge on any atom is 0.414 e. The zero-order valence-corrected chi connectivity index (χ0v) is 15.9. The highest BCUT2D eigenvalue weighted by Gasteiger charge is 2.24. The van der Waals surface area contributed by atoms with E-state index in [2.05, 4.69) is 5.32 Å². The van der Waals surface area contributed by atoms with Crippen LogP contribution in [0.5, 0.6) is 5.75 Å². The number of carboxylic acid groups (broad SMARTS) is 1. The molecule has 0 aliphatic carbocycles. The summed E-state index contributed by atoms with van der Waals surface area (Å²) < 4.78 is 5.52. The average molecular weight is 397 g/mol. The molecule has 3 N–H and O–H groups in total. The second-order valence-corrected chi connectivity index (χ2v) is 6.53. The minimum absolute atomic E-state index is 0.0771. The fourth-order valence-electron chi connectivity index (χ4n) is 2.77. The van der Waals surface area contributed by atoms with Crippen LogP contribution in [0.2, 0.25) is 0 Å². The third-order valence-electron chi connectivity index (χ3n) is 4.27. The normalized spacial score (nSPS) is 12.9. The summed E-state index contributed by atoms with van der Waals surface area (Å²) in [4.78, 5) is 35.0. The molecule has 0 aliphatic rings. The van der Waals surface area contributed by atoms with Crippen molar-refractivity contribution in [3.8, 4) is 5.75 Å². The van der Waals surface area contributed by atoms with E-state index >= 15 is 0 Å². The fourth-order valence-corrected chi connectivity index (χ4v) is 2.77. The smallest absolute Gasteiger partial charge is 0.414 e. The van der Waals surface area contributed by atoms with Gasteiger partial charge in [0, 0.05) is 11.6 Å². The number of ether oxygens (including phenoxy) is 1. The van der Waals surface area contributed by atoms with Gasteiger partial charge in [0.05, 0.1) is 0 Å². The van der Waals surface area contributed by atoms with E-state index in [-0.39, 0.29) is 11.7 Å². The van der Waals surface area contributed by atoms with Crippen molar-refractivity contribution in [3.05, 3.63) is 77.9 Å². The van der Waals surface area contributed by atoms with Crippen LogP contribution in [-0.4, -0.2) is 28.2 Å². The van der Waals surface area contributed by atoms with Crippen molar-refractivity contribution < 1.29 is 29.3 Å². The lowest BCUT2D eigenvalue weighted by Crippen LogP contribution is -2.33. The van der Waals surface area contributed by atoms with Gasteiger partial charge in [-0.15, -0.1) is 0 Å². The summed E-state index contributed by atoms with van der Waals surface area (Å²) in [6, 6.07) is 14.5. The van der Waals surface area contributed by atoms with E-state index in [1.54, 1.807) is 42.5 Å². The monoisotopic (exact) mass is 397 g/mol. The highest BCUT2D eigenvalue weighted by molar-refractivity contribution is 6.02. The Labute approximate surface area is 168 Å². The van der Waals surface area contributed by atoms with Crippen LogP contribution < -0.4 is 5.32 Å². The first kappa shape index (κ1) is 21.7. The minimum atomic E-state index is -1.03. The maximum atomic E-state index is 12.3. The first-order valence-electron chi connectivity index (χ1n) is 9.12. The number of alkyl carbamates (subject to hydrolysis) is 1. The average Bonchev–Trinajstić information content (AvgIpc) is 2.70. The Hall–Kier alpha value is -3.61. The van der Waals surface area contributed by atoms with Gasteiger partial charge >= 0.3 is 12.1 Å². The van der Waals surface area contributed by atoms with Gasteiger partial charge in [-0.05, 0) is 48.6 Å². The molecule has 0 radical (unpaired) electrons. The predicted molar refractivity (Wildman–Crippen MR) is 106 cm³/mol. The summed E-state index contributed by atoms with van der Waals surface area (Å²) in [5.41, 5.74) is 0.984. The molecule has 0 aromatic heterocycles. The number of carbonyl (C=O) groups excluding carboxylic acids is 2. The SMILES string of the molecule is C[C@H](CC/C=C/C(=O)O)[C@H](OC(=O)NC(=O)c1ccccc1)c1ccc(O)cc1. The van der Waals surface area contributed by atoms with Crippen LogP contribution in [0.4, 0.5) is 4.79 Å². The molecule has 0 spiro atoms. The highest BCUT2D eigenvalue weighted by atomic mass is 16.6. The first-order chi connectivity index (χ1) is 13.9. The van der Waals surface area contributed by atoms with Gasteiger partial charge in [0.25, 0.3) is 5.91 Å². The topological polar surface area (TPSA) is 113 Å². The number of hydrogen-bond donors (Lipinski definition) is 3. The predicted octanol–water partition coefficient (Wildman–Crippen LogP) is 4.06. The van der Waals surface area contributed by atoms with E-state index in [4.69, 9.17) is 9.84 Å². The van der Waals surface area contributed by atoms with Gasteiger partial charge in [-0.1, -0.05) is 43.3 Å². The molecule has 0 unspecified atom stereocenters.